The van der Waals surface area contributed by atoms with E-state index in [0.29, 0.717) is 23.5 Å². The molecule has 98 valence electrons. The Balaban J connectivity index is 2.05. The number of carbonyl (C=O) groups excluding carboxylic acids is 1. The SMILES string of the molecule is CC(=O)C1CCC(c2cccc(C(C)C)c2)CC1. The van der Waals surface area contributed by atoms with Crippen molar-refractivity contribution < 1.29 is 4.79 Å². The fourth-order valence-corrected chi connectivity index (χ4v) is 3.01. The number of benzene rings is 1. The van der Waals surface area contributed by atoms with Gasteiger partial charge in [0.1, 0.15) is 5.78 Å². The number of hydrogen-bond acceptors (Lipinski definition) is 1. The molecule has 0 saturated heterocycles. The average molecular weight is 244 g/mol. The second kappa shape index (κ2) is 5.69. The van der Waals surface area contributed by atoms with Gasteiger partial charge >= 0.3 is 0 Å². The molecule has 2 rings (SSSR count). The summed E-state index contributed by atoms with van der Waals surface area (Å²) in [6.07, 6.45) is 4.50. The molecule has 1 aromatic rings. The molecule has 0 amide bonds. The summed E-state index contributed by atoms with van der Waals surface area (Å²) in [5.41, 5.74) is 2.91. The summed E-state index contributed by atoms with van der Waals surface area (Å²) in [5.74, 6) is 1.97. The minimum absolute atomic E-state index is 0.328. The van der Waals surface area contributed by atoms with Crippen molar-refractivity contribution in [1.29, 1.82) is 0 Å². The molecule has 18 heavy (non-hydrogen) atoms. The molecule has 0 radical (unpaired) electrons. The van der Waals surface area contributed by atoms with Crippen molar-refractivity contribution in [3.05, 3.63) is 35.4 Å². The molecule has 1 nitrogen and oxygen atoms in total. The lowest BCUT2D eigenvalue weighted by atomic mass is 9.77. The van der Waals surface area contributed by atoms with E-state index in [-0.39, 0.29) is 0 Å². The van der Waals surface area contributed by atoms with Crippen LogP contribution in [-0.4, -0.2) is 5.78 Å². The van der Waals surface area contributed by atoms with E-state index in [1.165, 1.54) is 24.0 Å². The van der Waals surface area contributed by atoms with E-state index in [4.69, 9.17) is 0 Å². The fourth-order valence-electron chi connectivity index (χ4n) is 3.01. The highest BCUT2D eigenvalue weighted by Gasteiger charge is 2.24. The number of ketones is 1. The lowest BCUT2D eigenvalue weighted by Gasteiger charge is -2.27. The lowest BCUT2D eigenvalue weighted by molar-refractivity contribution is -0.121. The van der Waals surface area contributed by atoms with Gasteiger partial charge in [-0.15, -0.1) is 0 Å². The van der Waals surface area contributed by atoms with Crippen molar-refractivity contribution in [1.82, 2.24) is 0 Å². The predicted octanol–water partition coefficient (Wildman–Crippen LogP) is 4.67. The van der Waals surface area contributed by atoms with Gasteiger partial charge in [-0.1, -0.05) is 38.1 Å². The second-order valence-electron chi connectivity index (χ2n) is 5.98. The maximum absolute atomic E-state index is 11.4. The normalized spacial score (nSPS) is 24.2. The van der Waals surface area contributed by atoms with Crippen LogP contribution in [0.5, 0.6) is 0 Å². The zero-order valence-corrected chi connectivity index (χ0v) is 11.8. The van der Waals surface area contributed by atoms with E-state index in [1.54, 1.807) is 6.92 Å². The first-order chi connectivity index (χ1) is 8.58. The Labute approximate surface area is 111 Å². The van der Waals surface area contributed by atoms with Gasteiger partial charge in [-0.2, -0.15) is 0 Å². The summed E-state index contributed by atoms with van der Waals surface area (Å²) in [5, 5.41) is 0. The Hall–Kier alpha value is -1.11. The molecule has 0 spiro atoms. The second-order valence-corrected chi connectivity index (χ2v) is 5.98. The van der Waals surface area contributed by atoms with Gasteiger partial charge < -0.3 is 0 Å². The topological polar surface area (TPSA) is 17.1 Å². The molecule has 0 unspecified atom stereocenters. The van der Waals surface area contributed by atoms with E-state index >= 15 is 0 Å². The molecule has 0 atom stereocenters. The summed E-state index contributed by atoms with van der Waals surface area (Å²) in [7, 11) is 0. The molecule has 0 bridgehead atoms. The van der Waals surface area contributed by atoms with Gasteiger partial charge in [0.05, 0.1) is 0 Å². The van der Waals surface area contributed by atoms with Gasteiger partial charge in [-0.05, 0) is 55.6 Å². The molecule has 0 heterocycles. The third-order valence-electron chi connectivity index (χ3n) is 4.35. The zero-order valence-electron chi connectivity index (χ0n) is 11.8. The summed E-state index contributed by atoms with van der Waals surface area (Å²) < 4.78 is 0. The van der Waals surface area contributed by atoms with Gasteiger partial charge in [0, 0.05) is 5.92 Å². The van der Waals surface area contributed by atoms with Crippen molar-refractivity contribution in [3.63, 3.8) is 0 Å². The van der Waals surface area contributed by atoms with Crippen LogP contribution in [0.4, 0.5) is 0 Å². The van der Waals surface area contributed by atoms with Gasteiger partial charge in [-0.25, -0.2) is 0 Å². The first-order valence-corrected chi connectivity index (χ1v) is 7.18. The summed E-state index contributed by atoms with van der Waals surface area (Å²) in [4.78, 5) is 11.4. The van der Waals surface area contributed by atoms with Crippen molar-refractivity contribution in [2.45, 2.75) is 58.3 Å². The molecule has 1 aliphatic rings. The number of carbonyl (C=O) groups is 1. The van der Waals surface area contributed by atoms with Crippen molar-refractivity contribution in [2.24, 2.45) is 5.92 Å². The quantitative estimate of drug-likeness (QED) is 0.755. The van der Waals surface area contributed by atoms with Crippen molar-refractivity contribution in [3.8, 4) is 0 Å². The Morgan fingerprint density at radius 3 is 2.39 bits per heavy atom. The monoisotopic (exact) mass is 244 g/mol. The largest absolute Gasteiger partial charge is 0.300 e. The lowest BCUT2D eigenvalue weighted by Crippen LogP contribution is -2.19. The van der Waals surface area contributed by atoms with E-state index in [1.807, 2.05) is 0 Å². The molecule has 1 saturated carbocycles. The number of hydrogen-bond donors (Lipinski definition) is 0. The van der Waals surface area contributed by atoms with Gasteiger partial charge in [0.2, 0.25) is 0 Å². The molecular weight excluding hydrogens is 220 g/mol. The maximum atomic E-state index is 11.4. The van der Waals surface area contributed by atoms with Crippen LogP contribution in [0.2, 0.25) is 0 Å². The third kappa shape index (κ3) is 3.01. The predicted molar refractivity (Wildman–Crippen MR) is 75.9 cm³/mol. The third-order valence-corrected chi connectivity index (χ3v) is 4.35. The number of rotatable bonds is 3. The molecule has 1 aliphatic carbocycles. The first-order valence-electron chi connectivity index (χ1n) is 7.18. The van der Waals surface area contributed by atoms with Crippen LogP contribution in [0.1, 0.15) is 69.4 Å². The van der Waals surface area contributed by atoms with Crippen LogP contribution in [0.25, 0.3) is 0 Å². The van der Waals surface area contributed by atoms with Crippen LogP contribution in [-0.2, 0) is 4.79 Å². The van der Waals surface area contributed by atoms with Gasteiger partial charge in [-0.3, -0.25) is 4.79 Å². The molecule has 0 aromatic heterocycles. The molecular formula is C17H24O. The van der Waals surface area contributed by atoms with Crippen LogP contribution in [0.15, 0.2) is 24.3 Å². The minimum atomic E-state index is 0.328. The average Bonchev–Trinajstić information content (AvgIpc) is 2.39. The molecule has 0 aliphatic heterocycles. The molecule has 1 aromatic carbocycles. The zero-order chi connectivity index (χ0) is 13.1. The number of Topliss-reactive ketones (excluding diaryl/α,β-unsaturated/α-hetero) is 1. The highest BCUT2D eigenvalue weighted by Crippen LogP contribution is 2.36. The van der Waals surface area contributed by atoms with Crippen LogP contribution >= 0.6 is 0 Å². The van der Waals surface area contributed by atoms with Crippen molar-refractivity contribution >= 4 is 5.78 Å². The minimum Gasteiger partial charge on any atom is -0.300 e. The van der Waals surface area contributed by atoms with Crippen LogP contribution in [0, 0.1) is 5.92 Å². The summed E-state index contributed by atoms with van der Waals surface area (Å²) >= 11 is 0. The maximum Gasteiger partial charge on any atom is 0.132 e. The Morgan fingerprint density at radius 1 is 1.17 bits per heavy atom. The van der Waals surface area contributed by atoms with Crippen LogP contribution in [0.3, 0.4) is 0 Å². The Bertz CT molecular complexity index is 411. The fraction of sp³-hybridized carbons (Fsp3) is 0.588. The Morgan fingerprint density at radius 2 is 1.83 bits per heavy atom. The highest BCUT2D eigenvalue weighted by molar-refractivity contribution is 5.78. The smallest absolute Gasteiger partial charge is 0.132 e. The van der Waals surface area contributed by atoms with E-state index in [9.17, 15) is 4.79 Å². The van der Waals surface area contributed by atoms with Gasteiger partial charge in [0.15, 0.2) is 0 Å². The summed E-state index contributed by atoms with van der Waals surface area (Å²) in [6.45, 7) is 6.22. The van der Waals surface area contributed by atoms with E-state index in [0.717, 1.165) is 12.8 Å². The van der Waals surface area contributed by atoms with E-state index < -0.39 is 0 Å². The molecule has 1 heteroatoms. The molecule has 0 N–H and O–H groups in total. The summed E-state index contributed by atoms with van der Waals surface area (Å²) in [6, 6.07) is 9.02. The molecule has 1 fully saturated rings. The van der Waals surface area contributed by atoms with Crippen molar-refractivity contribution in [2.75, 3.05) is 0 Å². The van der Waals surface area contributed by atoms with Crippen LogP contribution < -0.4 is 0 Å². The standard InChI is InChI=1S/C17H24O/c1-12(2)16-5-4-6-17(11-16)15-9-7-14(8-10-15)13(3)18/h4-6,11-12,14-15H,7-10H2,1-3H3. The first kappa shape index (κ1) is 13.3. The Kier molecular flexibility index (Phi) is 4.21. The van der Waals surface area contributed by atoms with E-state index in [2.05, 4.69) is 38.1 Å². The van der Waals surface area contributed by atoms with Gasteiger partial charge in [0.25, 0.3) is 0 Å². The highest BCUT2D eigenvalue weighted by atomic mass is 16.1.